The van der Waals surface area contributed by atoms with Gasteiger partial charge in [0, 0.05) is 11.9 Å². The average Bonchev–Trinajstić information content (AvgIpc) is 2.37. The van der Waals surface area contributed by atoms with Crippen LogP contribution in [0.4, 0.5) is 11.5 Å². The predicted octanol–water partition coefficient (Wildman–Crippen LogP) is 2.62. The lowest BCUT2D eigenvalue weighted by Gasteiger charge is -2.08. The summed E-state index contributed by atoms with van der Waals surface area (Å²) in [4.78, 5) is 19.3. The Labute approximate surface area is 111 Å². The highest BCUT2D eigenvalue weighted by Crippen LogP contribution is 2.18. The second kappa shape index (κ2) is 5.48. The third kappa shape index (κ3) is 3.28. The minimum absolute atomic E-state index is 0.0388. The number of hydrogen-bond donors (Lipinski definition) is 1. The number of aromatic nitrogens is 2. The van der Waals surface area contributed by atoms with Crippen molar-refractivity contribution in [3.8, 4) is 0 Å². The number of rotatable bonds is 3. The van der Waals surface area contributed by atoms with Crippen molar-refractivity contribution in [2.24, 2.45) is 0 Å². The number of aryl methyl sites for hydroxylation is 2. The minimum atomic E-state index is -0.552. The van der Waals surface area contributed by atoms with E-state index >= 15 is 0 Å². The molecule has 1 aromatic carbocycles. The Balaban J connectivity index is 2.25. The molecule has 0 aliphatic heterocycles. The van der Waals surface area contributed by atoms with E-state index in [9.17, 15) is 4.79 Å². The van der Waals surface area contributed by atoms with Gasteiger partial charge in [0.15, 0.2) is 0 Å². The molecular weight excluding hydrogens is 242 g/mol. The van der Waals surface area contributed by atoms with Crippen molar-refractivity contribution in [2.75, 3.05) is 12.4 Å². The number of hydrogen-bond acceptors (Lipinski definition) is 5. The van der Waals surface area contributed by atoms with E-state index in [2.05, 4.69) is 26.1 Å². The molecule has 0 unspecified atom stereocenters. The van der Waals surface area contributed by atoms with E-state index in [1.54, 1.807) is 6.07 Å². The average molecular weight is 257 g/mol. The summed E-state index contributed by atoms with van der Waals surface area (Å²) in [7, 11) is 1.30. The van der Waals surface area contributed by atoms with E-state index in [1.807, 2.05) is 26.0 Å². The molecule has 1 N–H and O–H groups in total. The molecule has 0 aliphatic rings. The number of nitrogens with one attached hydrogen (secondary N) is 1. The van der Waals surface area contributed by atoms with Crippen molar-refractivity contribution in [3.63, 3.8) is 0 Å². The van der Waals surface area contributed by atoms with Gasteiger partial charge >= 0.3 is 5.97 Å². The van der Waals surface area contributed by atoms with Crippen LogP contribution in [0, 0.1) is 13.8 Å². The first-order chi connectivity index (χ1) is 9.08. The van der Waals surface area contributed by atoms with Crippen LogP contribution < -0.4 is 5.32 Å². The van der Waals surface area contributed by atoms with Gasteiger partial charge in [-0.15, -0.1) is 0 Å². The highest BCUT2D eigenvalue weighted by atomic mass is 16.5. The minimum Gasteiger partial charge on any atom is -0.463 e. The maximum atomic E-state index is 11.4. The number of ether oxygens (including phenoxy) is 1. The lowest BCUT2D eigenvalue weighted by molar-refractivity contribution is 0.0587. The summed E-state index contributed by atoms with van der Waals surface area (Å²) in [6, 6.07) is 7.80. The molecule has 19 heavy (non-hydrogen) atoms. The van der Waals surface area contributed by atoms with Crippen LogP contribution in [0.2, 0.25) is 0 Å². The zero-order valence-corrected chi connectivity index (χ0v) is 11.1. The maximum Gasteiger partial charge on any atom is 0.376 e. The number of carbonyl (C=O) groups is 1. The van der Waals surface area contributed by atoms with Crippen molar-refractivity contribution in [2.45, 2.75) is 13.8 Å². The van der Waals surface area contributed by atoms with Crippen LogP contribution in [0.1, 0.15) is 21.7 Å². The van der Waals surface area contributed by atoms with E-state index in [0.717, 1.165) is 16.8 Å². The lowest BCUT2D eigenvalue weighted by Crippen LogP contribution is -2.08. The molecule has 2 rings (SSSR count). The summed E-state index contributed by atoms with van der Waals surface area (Å²) in [5.41, 5.74) is 3.24. The highest BCUT2D eigenvalue weighted by Gasteiger charge is 2.09. The standard InChI is InChI=1S/C14H15N3O2/c1-9-6-10(2)8-11(7-9)16-12-4-5-15-13(17-12)14(18)19-3/h4-8H,1-3H3,(H,15,16,17). The Hall–Kier alpha value is -2.43. The number of methoxy groups -OCH3 is 1. The summed E-state index contributed by atoms with van der Waals surface area (Å²) >= 11 is 0. The highest BCUT2D eigenvalue weighted by molar-refractivity contribution is 5.85. The molecule has 5 heteroatoms. The topological polar surface area (TPSA) is 64.1 Å². The second-order valence-electron chi connectivity index (χ2n) is 4.26. The summed E-state index contributed by atoms with van der Waals surface area (Å²) in [6.07, 6.45) is 1.52. The molecule has 0 spiro atoms. The van der Waals surface area contributed by atoms with Gasteiger partial charge in [-0.2, -0.15) is 0 Å². The van der Waals surface area contributed by atoms with Crippen LogP contribution in [-0.2, 0) is 4.74 Å². The van der Waals surface area contributed by atoms with E-state index in [-0.39, 0.29) is 5.82 Å². The Morgan fingerprint density at radius 3 is 2.53 bits per heavy atom. The van der Waals surface area contributed by atoms with E-state index < -0.39 is 5.97 Å². The first-order valence-corrected chi connectivity index (χ1v) is 5.85. The van der Waals surface area contributed by atoms with Crippen LogP contribution in [0.3, 0.4) is 0 Å². The number of anilines is 2. The summed E-state index contributed by atoms with van der Waals surface area (Å²) in [6.45, 7) is 4.05. The van der Waals surface area contributed by atoms with E-state index in [4.69, 9.17) is 0 Å². The molecule has 0 atom stereocenters. The Morgan fingerprint density at radius 2 is 1.89 bits per heavy atom. The van der Waals surface area contributed by atoms with Crippen molar-refractivity contribution in [1.29, 1.82) is 0 Å². The molecule has 0 saturated carbocycles. The normalized spacial score (nSPS) is 10.1. The van der Waals surface area contributed by atoms with Crippen molar-refractivity contribution < 1.29 is 9.53 Å². The fraction of sp³-hybridized carbons (Fsp3) is 0.214. The Bertz CT molecular complexity index is 591. The summed E-state index contributed by atoms with van der Waals surface area (Å²) < 4.78 is 4.59. The molecule has 0 fully saturated rings. The summed E-state index contributed by atoms with van der Waals surface area (Å²) in [5.74, 6) is 0.0429. The molecule has 2 aromatic rings. The summed E-state index contributed by atoms with van der Waals surface area (Å²) in [5, 5.41) is 3.15. The van der Waals surface area contributed by atoms with Gasteiger partial charge in [0.25, 0.3) is 0 Å². The van der Waals surface area contributed by atoms with Crippen LogP contribution in [0.15, 0.2) is 30.5 Å². The first kappa shape index (κ1) is 13.0. The van der Waals surface area contributed by atoms with Crippen molar-refractivity contribution in [3.05, 3.63) is 47.4 Å². The third-order valence-electron chi connectivity index (χ3n) is 2.52. The SMILES string of the molecule is COC(=O)c1nccc(Nc2cc(C)cc(C)c2)n1. The lowest BCUT2D eigenvalue weighted by atomic mass is 10.1. The number of nitrogens with zero attached hydrogens (tertiary/aromatic N) is 2. The number of benzene rings is 1. The maximum absolute atomic E-state index is 11.4. The third-order valence-corrected chi connectivity index (χ3v) is 2.52. The van der Waals surface area contributed by atoms with Gasteiger partial charge in [-0.3, -0.25) is 0 Å². The van der Waals surface area contributed by atoms with Gasteiger partial charge in [-0.05, 0) is 43.2 Å². The van der Waals surface area contributed by atoms with Crippen molar-refractivity contribution in [1.82, 2.24) is 9.97 Å². The quantitative estimate of drug-likeness (QED) is 0.856. The van der Waals surface area contributed by atoms with Crippen LogP contribution >= 0.6 is 0 Å². The van der Waals surface area contributed by atoms with E-state index in [0.29, 0.717) is 5.82 Å². The fourth-order valence-electron chi connectivity index (χ4n) is 1.81. The van der Waals surface area contributed by atoms with Gasteiger partial charge < -0.3 is 10.1 Å². The smallest absolute Gasteiger partial charge is 0.376 e. The molecule has 1 heterocycles. The molecule has 0 bridgehead atoms. The molecule has 5 nitrogen and oxygen atoms in total. The Kier molecular flexibility index (Phi) is 3.75. The molecule has 0 saturated heterocycles. The first-order valence-electron chi connectivity index (χ1n) is 5.85. The second-order valence-corrected chi connectivity index (χ2v) is 4.26. The molecular formula is C14H15N3O2. The molecule has 98 valence electrons. The van der Waals surface area contributed by atoms with Gasteiger partial charge in [0.1, 0.15) is 5.82 Å². The number of carbonyl (C=O) groups excluding carboxylic acids is 1. The van der Waals surface area contributed by atoms with Crippen LogP contribution in [0.5, 0.6) is 0 Å². The molecule has 0 aliphatic carbocycles. The van der Waals surface area contributed by atoms with Gasteiger partial charge in [0.05, 0.1) is 7.11 Å². The van der Waals surface area contributed by atoms with Gasteiger partial charge in [-0.1, -0.05) is 6.07 Å². The molecule has 0 amide bonds. The molecule has 1 aromatic heterocycles. The van der Waals surface area contributed by atoms with Crippen LogP contribution in [-0.4, -0.2) is 23.0 Å². The zero-order chi connectivity index (χ0) is 13.8. The van der Waals surface area contributed by atoms with Crippen molar-refractivity contribution >= 4 is 17.5 Å². The fourth-order valence-corrected chi connectivity index (χ4v) is 1.81. The Morgan fingerprint density at radius 1 is 1.21 bits per heavy atom. The number of esters is 1. The predicted molar refractivity (Wildman–Crippen MR) is 72.6 cm³/mol. The molecule has 0 radical (unpaired) electrons. The van der Waals surface area contributed by atoms with E-state index in [1.165, 1.54) is 13.3 Å². The van der Waals surface area contributed by atoms with Gasteiger partial charge in [-0.25, -0.2) is 14.8 Å². The largest absolute Gasteiger partial charge is 0.463 e. The van der Waals surface area contributed by atoms with Crippen LogP contribution in [0.25, 0.3) is 0 Å². The zero-order valence-electron chi connectivity index (χ0n) is 11.1. The van der Waals surface area contributed by atoms with Gasteiger partial charge in [0.2, 0.25) is 5.82 Å². The monoisotopic (exact) mass is 257 g/mol.